The lowest BCUT2D eigenvalue weighted by Gasteiger charge is -2.14. The highest BCUT2D eigenvalue weighted by Crippen LogP contribution is 2.35. The number of aryl methyl sites for hydroxylation is 1. The number of imidazole rings is 1. The highest BCUT2D eigenvalue weighted by atomic mass is 19.1. The van der Waals surface area contributed by atoms with E-state index in [1.807, 2.05) is 31.2 Å². The van der Waals surface area contributed by atoms with Crippen LogP contribution in [-0.4, -0.2) is 45.5 Å². The molecule has 0 aliphatic heterocycles. The highest BCUT2D eigenvalue weighted by molar-refractivity contribution is 5.95. The number of carbonyl (C=O) groups excluding carboxylic acids is 1. The first-order chi connectivity index (χ1) is 17.0. The number of hydrogen-bond acceptors (Lipinski definition) is 6. The van der Waals surface area contributed by atoms with Gasteiger partial charge in [-0.15, -0.1) is 0 Å². The number of carbonyl (C=O) groups is 1. The Morgan fingerprint density at radius 3 is 2.80 bits per heavy atom. The molecule has 0 unspecified atom stereocenters. The van der Waals surface area contributed by atoms with E-state index >= 15 is 0 Å². The monoisotopic (exact) mass is 470 g/mol. The predicted molar refractivity (Wildman–Crippen MR) is 132 cm³/mol. The van der Waals surface area contributed by atoms with Crippen molar-refractivity contribution in [3.63, 3.8) is 0 Å². The first kappa shape index (κ1) is 22.4. The molecule has 2 aromatic carbocycles. The summed E-state index contributed by atoms with van der Waals surface area (Å²) in [5.41, 5.74) is 11.2. The summed E-state index contributed by atoms with van der Waals surface area (Å²) in [7, 11) is 1.56. The topological polar surface area (TPSA) is 107 Å². The number of methoxy groups -OCH3 is 1. The van der Waals surface area contributed by atoms with Crippen LogP contribution in [0.25, 0.3) is 39.1 Å². The summed E-state index contributed by atoms with van der Waals surface area (Å²) in [6.07, 6.45) is 3.39. The molecule has 0 bridgehead atoms. The SMILES string of the molecule is COCCNC(=O)c1cn2c(-c3ccc4nccc(C)c4c3)c(-c3cccc(F)c3)nc(N)c2n1. The normalized spacial score (nSPS) is 11.3. The number of amides is 1. The third-order valence-corrected chi connectivity index (χ3v) is 5.79. The second-order valence-electron chi connectivity index (χ2n) is 8.13. The van der Waals surface area contributed by atoms with E-state index in [9.17, 15) is 9.18 Å². The van der Waals surface area contributed by atoms with Crippen molar-refractivity contribution < 1.29 is 13.9 Å². The number of rotatable bonds is 6. The second-order valence-corrected chi connectivity index (χ2v) is 8.13. The van der Waals surface area contributed by atoms with E-state index in [1.54, 1.807) is 36.0 Å². The van der Waals surface area contributed by atoms with Crippen molar-refractivity contribution in [2.45, 2.75) is 6.92 Å². The van der Waals surface area contributed by atoms with Crippen LogP contribution in [0.5, 0.6) is 0 Å². The number of anilines is 1. The van der Waals surface area contributed by atoms with Crippen LogP contribution in [0.2, 0.25) is 0 Å². The molecule has 0 atom stereocenters. The molecule has 5 aromatic rings. The van der Waals surface area contributed by atoms with Gasteiger partial charge in [0.1, 0.15) is 11.5 Å². The average Bonchev–Trinajstić information content (AvgIpc) is 3.30. The number of aromatic nitrogens is 4. The van der Waals surface area contributed by atoms with Gasteiger partial charge in [0.25, 0.3) is 5.91 Å². The van der Waals surface area contributed by atoms with Gasteiger partial charge in [-0.1, -0.05) is 18.2 Å². The molecule has 8 nitrogen and oxygen atoms in total. The zero-order chi connectivity index (χ0) is 24.5. The lowest BCUT2D eigenvalue weighted by molar-refractivity contribution is 0.0932. The Bertz CT molecular complexity index is 1580. The molecule has 3 N–H and O–H groups in total. The van der Waals surface area contributed by atoms with Crippen molar-refractivity contribution in [2.24, 2.45) is 0 Å². The number of hydrogen-bond donors (Lipinski definition) is 2. The van der Waals surface area contributed by atoms with Crippen LogP contribution >= 0.6 is 0 Å². The van der Waals surface area contributed by atoms with Crippen LogP contribution in [0.4, 0.5) is 10.2 Å². The van der Waals surface area contributed by atoms with Gasteiger partial charge in [0.05, 0.1) is 23.5 Å². The van der Waals surface area contributed by atoms with Gasteiger partial charge in [0.2, 0.25) is 0 Å². The molecule has 3 heterocycles. The molecule has 1 amide bonds. The Balaban J connectivity index is 1.77. The van der Waals surface area contributed by atoms with Gasteiger partial charge in [0.15, 0.2) is 11.5 Å². The van der Waals surface area contributed by atoms with Crippen LogP contribution in [0.1, 0.15) is 16.1 Å². The standard InChI is InChI=1S/C26H23FN6O2/c1-15-8-9-29-20-7-6-17(13-19(15)20)23-22(16-4-3-5-18(27)12-16)32-24(28)25-31-21(14-33(23)25)26(34)30-10-11-35-2/h3-9,12-14H,10-11H2,1-2H3,(H2,28,32)(H,30,34). The molecule has 0 saturated carbocycles. The molecule has 0 radical (unpaired) electrons. The van der Waals surface area contributed by atoms with Crippen LogP contribution in [0.3, 0.4) is 0 Å². The Morgan fingerprint density at radius 2 is 2.00 bits per heavy atom. The summed E-state index contributed by atoms with van der Waals surface area (Å²) in [5.74, 6) is -0.624. The molecule has 35 heavy (non-hydrogen) atoms. The number of nitrogen functional groups attached to an aromatic ring is 1. The van der Waals surface area contributed by atoms with Gasteiger partial charge in [-0.25, -0.2) is 14.4 Å². The minimum Gasteiger partial charge on any atom is -0.383 e. The van der Waals surface area contributed by atoms with Gasteiger partial charge in [-0.05, 0) is 42.8 Å². The predicted octanol–water partition coefficient (Wildman–Crippen LogP) is 4.02. The van der Waals surface area contributed by atoms with Gasteiger partial charge in [-0.3, -0.25) is 14.2 Å². The van der Waals surface area contributed by atoms with Gasteiger partial charge >= 0.3 is 0 Å². The smallest absolute Gasteiger partial charge is 0.271 e. The fraction of sp³-hybridized carbons (Fsp3) is 0.154. The third kappa shape index (κ3) is 4.17. The maximum absolute atomic E-state index is 14.2. The Labute approximate surface area is 200 Å². The number of fused-ring (bicyclic) bond motifs is 2. The number of ether oxygens (including phenoxy) is 1. The van der Waals surface area contributed by atoms with E-state index in [-0.39, 0.29) is 17.4 Å². The number of benzene rings is 2. The molecular weight excluding hydrogens is 447 g/mol. The van der Waals surface area contributed by atoms with Crippen molar-refractivity contribution in [3.8, 4) is 22.5 Å². The van der Waals surface area contributed by atoms with Crippen molar-refractivity contribution in [3.05, 3.63) is 78.0 Å². The Hall–Kier alpha value is -4.37. The van der Waals surface area contributed by atoms with E-state index in [0.29, 0.717) is 35.8 Å². The molecule has 0 fully saturated rings. The summed E-state index contributed by atoms with van der Waals surface area (Å²) in [4.78, 5) is 26.2. The number of nitrogens with two attached hydrogens (primary N) is 1. The average molecular weight is 471 g/mol. The summed E-state index contributed by atoms with van der Waals surface area (Å²) >= 11 is 0. The van der Waals surface area contributed by atoms with E-state index in [2.05, 4.69) is 20.3 Å². The summed E-state index contributed by atoms with van der Waals surface area (Å²) in [6, 6.07) is 13.9. The fourth-order valence-electron chi connectivity index (χ4n) is 4.08. The number of nitrogens with zero attached hydrogens (tertiary/aromatic N) is 4. The van der Waals surface area contributed by atoms with Gasteiger partial charge in [0, 0.05) is 42.6 Å². The minimum absolute atomic E-state index is 0.127. The van der Waals surface area contributed by atoms with Crippen LogP contribution in [0, 0.1) is 12.7 Å². The number of halogens is 1. The lowest BCUT2D eigenvalue weighted by Crippen LogP contribution is -2.27. The summed E-state index contributed by atoms with van der Waals surface area (Å²) in [6.45, 7) is 2.73. The Kier molecular flexibility index (Phi) is 5.84. The van der Waals surface area contributed by atoms with Crippen molar-refractivity contribution in [2.75, 3.05) is 26.0 Å². The van der Waals surface area contributed by atoms with E-state index in [4.69, 9.17) is 10.5 Å². The summed E-state index contributed by atoms with van der Waals surface area (Å²) in [5, 5.41) is 3.74. The van der Waals surface area contributed by atoms with Crippen molar-refractivity contribution >= 4 is 28.3 Å². The minimum atomic E-state index is -0.392. The molecule has 5 rings (SSSR count). The molecule has 0 aliphatic carbocycles. The largest absolute Gasteiger partial charge is 0.383 e. The Morgan fingerprint density at radius 1 is 1.14 bits per heavy atom. The lowest BCUT2D eigenvalue weighted by atomic mass is 10.0. The second kappa shape index (κ2) is 9.11. The zero-order valence-electron chi connectivity index (χ0n) is 19.2. The molecule has 176 valence electrons. The van der Waals surface area contributed by atoms with Gasteiger partial charge < -0.3 is 15.8 Å². The first-order valence-electron chi connectivity index (χ1n) is 11.0. The molecule has 0 spiro atoms. The van der Waals surface area contributed by atoms with Crippen LogP contribution in [0.15, 0.2) is 60.9 Å². The molecule has 0 aliphatic rings. The van der Waals surface area contributed by atoms with Crippen molar-refractivity contribution in [1.82, 2.24) is 24.7 Å². The molecular formula is C26H23FN6O2. The molecule has 9 heteroatoms. The highest BCUT2D eigenvalue weighted by Gasteiger charge is 2.21. The van der Waals surface area contributed by atoms with E-state index in [1.165, 1.54) is 12.1 Å². The van der Waals surface area contributed by atoms with Crippen molar-refractivity contribution in [1.29, 1.82) is 0 Å². The number of nitrogens with one attached hydrogen (secondary N) is 1. The summed E-state index contributed by atoms with van der Waals surface area (Å²) < 4.78 is 20.9. The van der Waals surface area contributed by atoms with E-state index < -0.39 is 5.82 Å². The van der Waals surface area contributed by atoms with E-state index in [0.717, 1.165) is 22.0 Å². The van der Waals surface area contributed by atoms with Crippen LogP contribution < -0.4 is 11.1 Å². The number of pyridine rings is 1. The maximum Gasteiger partial charge on any atom is 0.271 e. The molecule has 3 aromatic heterocycles. The fourth-order valence-corrected chi connectivity index (χ4v) is 4.08. The van der Waals surface area contributed by atoms with Gasteiger partial charge in [-0.2, -0.15) is 0 Å². The maximum atomic E-state index is 14.2. The quantitative estimate of drug-likeness (QED) is 0.363. The third-order valence-electron chi connectivity index (χ3n) is 5.79. The first-order valence-corrected chi connectivity index (χ1v) is 11.0. The van der Waals surface area contributed by atoms with Crippen LogP contribution in [-0.2, 0) is 4.74 Å². The molecule has 0 saturated heterocycles. The zero-order valence-corrected chi connectivity index (χ0v) is 19.2.